The van der Waals surface area contributed by atoms with Gasteiger partial charge in [0.25, 0.3) is 0 Å². The minimum absolute atomic E-state index is 0.0348. The maximum Gasteiger partial charge on any atom is 0.573 e. The summed E-state index contributed by atoms with van der Waals surface area (Å²) in [6.45, 7) is 4.06. The van der Waals surface area contributed by atoms with Crippen LogP contribution in [-0.4, -0.2) is 6.36 Å². The Morgan fingerprint density at radius 2 is 1.75 bits per heavy atom. The van der Waals surface area contributed by atoms with E-state index in [9.17, 15) is 13.2 Å². The number of alkyl halides is 4. The van der Waals surface area contributed by atoms with Crippen LogP contribution in [0.15, 0.2) is 30.3 Å². The quantitative estimate of drug-likeness (QED) is 0.630. The molecule has 0 radical (unpaired) electrons. The fourth-order valence-corrected chi connectivity index (χ4v) is 3.82. The molecular formula is C14H12BrF3OS. The smallest absolute Gasteiger partial charge is 0.406 e. The minimum atomic E-state index is -4.66. The van der Waals surface area contributed by atoms with Crippen LogP contribution in [-0.2, 0) is 0 Å². The summed E-state index contributed by atoms with van der Waals surface area (Å²) in [6, 6.07) is 8.00. The maximum absolute atomic E-state index is 12.1. The van der Waals surface area contributed by atoms with E-state index >= 15 is 0 Å². The van der Waals surface area contributed by atoms with Crippen LogP contribution in [0.4, 0.5) is 13.2 Å². The minimum Gasteiger partial charge on any atom is -0.406 e. The molecule has 0 saturated carbocycles. The van der Waals surface area contributed by atoms with Gasteiger partial charge in [0.05, 0.1) is 4.83 Å². The van der Waals surface area contributed by atoms with E-state index in [1.807, 2.05) is 13.8 Å². The molecule has 20 heavy (non-hydrogen) atoms. The number of rotatable bonds is 3. The van der Waals surface area contributed by atoms with Crippen LogP contribution < -0.4 is 4.74 Å². The van der Waals surface area contributed by atoms with Crippen molar-refractivity contribution in [2.24, 2.45) is 0 Å². The molecule has 0 spiro atoms. The van der Waals surface area contributed by atoms with Gasteiger partial charge in [-0.25, -0.2) is 0 Å². The van der Waals surface area contributed by atoms with Crippen molar-refractivity contribution in [1.82, 2.24) is 0 Å². The number of halogens is 4. The Labute approximate surface area is 127 Å². The Morgan fingerprint density at radius 1 is 1.15 bits per heavy atom. The third kappa shape index (κ3) is 3.76. The first-order chi connectivity index (χ1) is 9.26. The number of aryl methyl sites for hydroxylation is 2. The summed E-state index contributed by atoms with van der Waals surface area (Å²) >= 11 is 5.29. The third-order valence-electron chi connectivity index (χ3n) is 2.76. The van der Waals surface area contributed by atoms with E-state index in [4.69, 9.17) is 0 Å². The van der Waals surface area contributed by atoms with Gasteiger partial charge >= 0.3 is 6.36 Å². The van der Waals surface area contributed by atoms with E-state index in [1.54, 1.807) is 23.5 Å². The van der Waals surface area contributed by atoms with Crippen LogP contribution in [0, 0.1) is 13.8 Å². The van der Waals surface area contributed by atoms with Crippen LogP contribution in [0.3, 0.4) is 0 Å². The van der Waals surface area contributed by atoms with E-state index in [0.29, 0.717) is 0 Å². The SMILES string of the molecule is Cc1cc(C(Br)c2ccc(OC(F)(F)F)cc2)c(C)s1. The second-order valence-corrected chi connectivity index (χ2v) is 6.72. The van der Waals surface area contributed by atoms with E-state index in [0.717, 1.165) is 11.1 Å². The highest BCUT2D eigenvalue weighted by molar-refractivity contribution is 9.09. The van der Waals surface area contributed by atoms with Crippen molar-refractivity contribution in [2.75, 3.05) is 0 Å². The molecule has 1 heterocycles. The van der Waals surface area contributed by atoms with Crippen molar-refractivity contribution in [3.05, 3.63) is 51.2 Å². The van der Waals surface area contributed by atoms with Gasteiger partial charge in [0.2, 0.25) is 0 Å². The van der Waals surface area contributed by atoms with Crippen LogP contribution in [0.2, 0.25) is 0 Å². The van der Waals surface area contributed by atoms with E-state index < -0.39 is 6.36 Å². The van der Waals surface area contributed by atoms with Gasteiger partial charge in [-0.1, -0.05) is 28.1 Å². The molecule has 0 saturated heterocycles. The lowest BCUT2D eigenvalue weighted by atomic mass is 10.1. The molecule has 1 nitrogen and oxygen atoms in total. The molecule has 0 N–H and O–H groups in total. The van der Waals surface area contributed by atoms with Crippen molar-refractivity contribution in [3.63, 3.8) is 0 Å². The van der Waals surface area contributed by atoms with Crippen LogP contribution in [0.25, 0.3) is 0 Å². The van der Waals surface area contributed by atoms with Gasteiger partial charge in [-0.15, -0.1) is 24.5 Å². The second kappa shape index (κ2) is 5.77. The number of thiophene rings is 1. The summed E-state index contributed by atoms with van der Waals surface area (Å²) < 4.78 is 40.1. The highest BCUT2D eigenvalue weighted by Gasteiger charge is 2.31. The second-order valence-electron chi connectivity index (χ2n) is 4.35. The first-order valence-corrected chi connectivity index (χ1v) is 7.56. The Morgan fingerprint density at radius 3 is 2.20 bits per heavy atom. The largest absolute Gasteiger partial charge is 0.573 e. The lowest BCUT2D eigenvalue weighted by Gasteiger charge is -2.12. The molecule has 0 aliphatic carbocycles. The van der Waals surface area contributed by atoms with Gasteiger partial charge in [0.1, 0.15) is 5.75 Å². The summed E-state index contributed by atoms with van der Waals surface area (Å²) in [6.07, 6.45) is -4.66. The third-order valence-corrected chi connectivity index (χ3v) is 4.76. The van der Waals surface area contributed by atoms with E-state index in [2.05, 4.69) is 26.7 Å². The van der Waals surface area contributed by atoms with Gasteiger partial charge in [-0.2, -0.15) is 0 Å². The fourth-order valence-electron chi connectivity index (χ4n) is 1.92. The fraction of sp³-hybridized carbons (Fsp3) is 0.286. The van der Waals surface area contributed by atoms with Crippen molar-refractivity contribution >= 4 is 27.3 Å². The number of ether oxygens (including phenoxy) is 1. The molecule has 1 unspecified atom stereocenters. The molecule has 1 aromatic heterocycles. The lowest BCUT2D eigenvalue weighted by Crippen LogP contribution is -2.17. The van der Waals surface area contributed by atoms with Crippen LogP contribution in [0.5, 0.6) is 5.75 Å². The Kier molecular flexibility index (Phi) is 4.44. The van der Waals surface area contributed by atoms with Crippen LogP contribution >= 0.6 is 27.3 Å². The molecule has 1 atom stereocenters. The molecule has 2 rings (SSSR count). The summed E-state index contributed by atoms with van der Waals surface area (Å²) in [5.41, 5.74) is 2.03. The zero-order valence-electron chi connectivity index (χ0n) is 10.8. The summed E-state index contributed by atoms with van der Waals surface area (Å²) in [7, 11) is 0. The number of benzene rings is 1. The average molecular weight is 365 g/mol. The average Bonchev–Trinajstić information content (AvgIpc) is 2.66. The zero-order valence-corrected chi connectivity index (χ0v) is 13.2. The molecule has 108 valence electrons. The summed E-state index contributed by atoms with van der Waals surface area (Å²) in [4.78, 5) is 2.37. The van der Waals surface area contributed by atoms with E-state index in [-0.39, 0.29) is 10.6 Å². The highest BCUT2D eigenvalue weighted by atomic mass is 79.9. The monoisotopic (exact) mass is 364 g/mol. The topological polar surface area (TPSA) is 9.23 Å². The highest BCUT2D eigenvalue weighted by Crippen LogP contribution is 2.37. The van der Waals surface area contributed by atoms with Gasteiger partial charge < -0.3 is 4.74 Å². The standard InChI is InChI=1S/C14H12BrF3OS/c1-8-7-12(9(2)20-8)13(15)10-3-5-11(6-4-10)19-14(16,17)18/h3-7,13H,1-2H3. The first kappa shape index (κ1) is 15.4. The van der Waals surface area contributed by atoms with Crippen molar-refractivity contribution in [3.8, 4) is 5.75 Å². The number of hydrogen-bond donors (Lipinski definition) is 0. The Bertz CT molecular complexity index is 589. The molecule has 0 bridgehead atoms. The van der Waals surface area contributed by atoms with Gasteiger partial charge in [0, 0.05) is 9.75 Å². The predicted octanol–water partition coefficient (Wildman–Crippen LogP) is 5.75. The van der Waals surface area contributed by atoms with Gasteiger partial charge in [-0.3, -0.25) is 0 Å². The molecular weight excluding hydrogens is 353 g/mol. The van der Waals surface area contributed by atoms with Crippen molar-refractivity contribution in [1.29, 1.82) is 0 Å². The maximum atomic E-state index is 12.1. The summed E-state index contributed by atoms with van der Waals surface area (Å²) in [5, 5.41) is 0. The lowest BCUT2D eigenvalue weighted by molar-refractivity contribution is -0.274. The van der Waals surface area contributed by atoms with Gasteiger partial charge in [0.15, 0.2) is 0 Å². The number of hydrogen-bond acceptors (Lipinski definition) is 2. The zero-order chi connectivity index (χ0) is 14.9. The van der Waals surface area contributed by atoms with Crippen molar-refractivity contribution < 1.29 is 17.9 Å². The molecule has 0 amide bonds. The Hall–Kier alpha value is -1.01. The predicted molar refractivity (Wildman–Crippen MR) is 77.7 cm³/mol. The van der Waals surface area contributed by atoms with Gasteiger partial charge in [-0.05, 0) is 43.2 Å². The molecule has 2 aromatic rings. The normalized spacial score (nSPS) is 13.3. The molecule has 0 fully saturated rings. The molecule has 0 aliphatic rings. The van der Waals surface area contributed by atoms with Crippen LogP contribution in [0.1, 0.15) is 25.7 Å². The molecule has 6 heteroatoms. The van der Waals surface area contributed by atoms with Crippen molar-refractivity contribution in [2.45, 2.75) is 25.0 Å². The first-order valence-electron chi connectivity index (χ1n) is 5.83. The molecule has 1 aromatic carbocycles. The summed E-state index contributed by atoms with van der Waals surface area (Å²) in [5.74, 6) is -0.209. The molecule has 0 aliphatic heterocycles. The van der Waals surface area contributed by atoms with E-state index in [1.165, 1.54) is 21.9 Å². The Balaban J connectivity index is 2.19.